The number of likely N-dealkylation sites (N-methyl/N-ethyl adjacent to an activating group) is 1. The van der Waals surface area contributed by atoms with E-state index in [4.69, 9.17) is 5.73 Å². The van der Waals surface area contributed by atoms with Crippen molar-refractivity contribution in [2.75, 3.05) is 19.6 Å². The maximum atomic E-state index is 12.8. The van der Waals surface area contributed by atoms with Crippen LogP contribution in [0.1, 0.15) is 54.4 Å². The van der Waals surface area contributed by atoms with Crippen molar-refractivity contribution in [1.82, 2.24) is 9.80 Å². The Morgan fingerprint density at radius 2 is 1.68 bits per heavy atom. The molecule has 0 spiro atoms. The predicted molar refractivity (Wildman–Crippen MR) is 80.0 cm³/mol. The summed E-state index contributed by atoms with van der Waals surface area (Å²) in [6.07, 6.45) is 1.84. The molecule has 0 atom stereocenters. The van der Waals surface area contributed by atoms with E-state index >= 15 is 0 Å². The van der Waals surface area contributed by atoms with Gasteiger partial charge in [0.05, 0.1) is 5.54 Å². The summed E-state index contributed by atoms with van der Waals surface area (Å²) in [6, 6.07) is 0.261. The van der Waals surface area contributed by atoms with Crippen LogP contribution in [0.3, 0.4) is 0 Å². The lowest BCUT2D eigenvalue weighted by molar-refractivity contribution is -0.147. The molecule has 1 rings (SSSR count). The molecule has 0 aromatic heterocycles. The number of rotatable bonds is 3. The van der Waals surface area contributed by atoms with Crippen LogP contribution < -0.4 is 5.73 Å². The topological polar surface area (TPSA) is 49.6 Å². The van der Waals surface area contributed by atoms with Crippen LogP contribution in [0.25, 0.3) is 0 Å². The van der Waals surface area contributed by atoms with Crippen molar-refractivity contribution in [2.24, 2.45) is 5.73 Å². The molecule has 0 unspecified atom stereocenters. The van der Waals surface area contributed by atoms with E-state index in [0.717, 1.165) is 32.5 Å². The van der Waals surface area contributed by atoms with E-state index in [2.05, 4.69) is 32.6 Å². The minimum absolute atomic E-state index is 0.0138. The zero-order chi connectivity index (χ0) is 14.8. The first kappa shape index (κ1) is 16.4. The summed E-state index contributed by atoms with van der Waals surface area (Å²) in [7, 11) is 0. The summed E-state index contributed by atoms with van der Waals surface area (Å²) in [5.41, 5.74) is 5.44. The van der Waals surface area contributed by atoms with E-state index in [1.54, 1.807) is 0 Å². The van der Waals surface area contributed by atoms with Gasteiger partial charge < -0.3 is 10.6 Å². The Kier molecular flexibility index (Phi) is 5.02. The smallest absolute Gasteiger partial charge is 0.242 e. The van der Waals surface area contributed by atoms with Crippen LogP contribution in [-0.2, 0) is 4.79 Å². The molecule has 0 bridgehead atoms. The minimum atomic E-state index is -0.464. The zero-order valence-electron chi connectivity index (χ0n) is 13.5. The summed E-state index contributed by atoms with van der Waals surface area (Å²) >= 11 is 0. The van der Waals surface area contributed by atoms with E-state index in [9.17, 15) is 4.79 Å². The van der Waals surface area contributed by atoms with Gasteiger partial charge in [0.1, 0.15) is 0 Å². The second-order valence-corrected chi connectivity index (χ2v) is 7.10. The first-order valence-electron chi connectivity index (χ1n) is 7.43. The second kappa shape index (κ2) is 5.80. The van der Waals surface area contributed by atoms with E-state index < -0.39 is 5.54 Å². The van der Waals surface area contributed by atoms with Gasteiger partial charge in [-0.3, -0.25) is 9.69 Å². The van der Waals surface area contributed by atoms with Crippen LogP contribution in [-0.4, -0.2) is 52.5 Å². The third kappa shape index (κ3) is 3.69. The molecule has 0 aromatic rings. The SMILES string of the molecule is CCN(C(C)(C)C)C(C)(C)C(=O)N1CCC(N)CC1. The van der Waals surface area contributed by atoms with Gasteiger partial charge in [-0.2, -0.15) is 0 Å². The first-order chi connectivity index (χ1) is 8.60. The Labute approximate surface area is 118 Å². The third-order valence-electron chi connectivity index (χ3n) is 4.15. The van der Waals surface area contributed by atoms with Crippen molar-refractivity contribution < 1.29 is 4.79 Å². The Balaban J connectivity index is 2.83. The van der Waals surface area contributed by atoms with Crippen molar-refractivity contribution in [1.29, 1.82) is 0 Å². The maximum Gasteiger partial charge on any atom is 0.242 e. The number of carbonyl (C=O) groups excluding carboxylic acids is 1. The normalized spacial score (nSPS) is 19.1. The highest BCUT2D eigenvalue weighted by atomic mass is 16.2. The number of piperidine rings is 1. The molecule has 0 saturated carbocycles. The van der Waals surface area contributed by atoms with Crippen LogP contribution in [0.15, 0.2) is 0 Å². The van der Waals surface area contributed by atoms with Crippen molar-refractivity contribution in [3.8, 4) is 0 Å². The number of hydrogen-bond acceptors (Lipinski definition) is 3. The standard InChI is InChI=1S/C15H31N3O/c1-7-18(14(2,3)4)15(5,6)13(19)17-10-8-12(16)9-11-17/h12H,7-11,16H2,1-6H3. The van der Waals surface area contributed by atoms with E-state index in [1.807, 2.05) is 18.7 Å². The van der Waals surface area contributed by atoms with Crippen molar-refractivity contribution in [2.45, 2.75) is 71.5 Å². The number of likely N-dealkylation sites (tertiary alicyclic amines) is 1. The number of nitrogens with zero attached hydrogens (tertiary/aromatic N) is 2. The molecule has 1 amide bonds. The van der Waals surface area contributed by atoms with Gasteiger partial charge >= 0.3 is 0 Å². The molecule has 2 N–H and O–H groups in total. The highest BCUT2D eigenvalue weighted by Gasteiger charge is 2.42. The second-order valence-electron chi connectivity index (χ2n) is 7.10. The van der Waals surface area contributed by atoms with Gasteiger partial charge in [0.2, 0.25) is 5.91 Å². The van der Waals surface area contributed by atoms with Crippen LogP contribution >= 0.6 is 0 Å². The highest BCUT2D eigenvalue weighted by Crippen LogP contribution is 2.27. The van der Waals surface area contributed by atoms with Gasteiger partial charge in [-0.1, -0.05) is 6.92 Å². The third-order valence-corrected chi connectivity index (χ3v) is 4.15. The average Bonchev–Trinajstić information content (AvgIpc) is 2.27. The van der Waals surface area contributed by atoms with Crippen molar-refractivity contribution in [3.05, 3.63) is 0 Å². The summed E-state index contributed by atoms with van der Waals surface area (Å²) in [4.78, 5) is 17.1. The fraction of sp³-hybridized carbons (Fsp3) is 0.933. The molecular weight excluding hydrogens is 238 g/mol. The molecule has 4 heteroatoms. The lowest BCUT2D eigenvalue weighted by Gasteiger charge is -2.48. The molecule has 0 radical (unpaired) electrons. The summed E-state index contributed by atoms with van der Waals surface area (Å²) < 4.78 is 0. The summed E-state index contributed by atoms with van der Waals surface area (Å²) in [6.45, 7) is 15.2. The van der Waals surface area contributed by atoms with Crippen LogP contribution in [0.2, 0.25) is 0 Å². The van der Waals surface area contributed by atoms with Crippen LogP contribution in [0.5, 0.6) is 0 Å². The lowest BCUT2D eigenvalue weighted by Crippen LogP contribution is -2.62. The summed E-state index contributed by atoms with van der Waals surface area (Å²) in [5, 5.41) is 0. The number of amides is 1. The first-order valence-corrected chi connectivity index (χ1v) is 7.43. The average molecular weight is 269 g/mol. The van der Waals surface area contributed by atoms with Gasteiger partial charge in [0.15, 0.2) is 0 Å². The molecule has 1 saturated heterocycles. The Bertz CT molecular complexity index is 312. The lowest BCUT2D eigenvalue weighted by atomic mass is 9.92. The van der Waals surface area contributed by atoms with Crippen molar-refractivity contribution >= 4 is 5.91 Å². The van der Waals surface area contributed by atoms with Gasteiger partial charge in [-0.05, 0) is 54.0 Å². The van der Waals surface area contributed by atoms with Gasteiger partial charge in [-0.15, -0.1) is 0 Å². The van der Waals surface area contributed by atoms with Crippen LogP contribution in [0, 0.1) is 0 Å². The fourth-order valence-electron chi connectivity index (χ4n) is 3.31. The van der Waals surface area contributed by atoms with Crippen molar-refractivity contribution in [3.63, 3.8) is 0 Å². The monoisotopic (exact) mass is 269 g/mol. The number of carbonyl (C=O) groups is 1. The molecular formula is C15H31N3O. The maximum absolute atomic E-state index is 12.8. The number of nitrogens with two attached hydrogens (primary N) is 1. The fourth-order valence-corrected chi connectivity index (χ4v) is 3.31. The van der Waals surface area contributed by atoms with E-state index in [1.165, 1.54) is 0 Å². The highest BCUT2D eigenvalue weighted by molar-refractivity contribution is 5.85. The van der Waals surface area contributed by atoms with E-state index in [-0.39, 0.29) is 17.5 Å². The molecule has 1 aliphatic rings. The van der Waals surface area contributed by atoms with E-state index in [0.29, 0.717) is 0 Å². The van der Waals surface area contributed by atoms with Gasteiger partial charge in [0, 0.05) is 24.7 Å². The minimum Gasteiger partial charge on any atom is -0.341 e. The molecule has 1 fully saturated rings. The molecule has 1 heterocycles. The van der Waals surface area contributed by atoms with Gasteiger partial charge in [-0.25, -0.2) is 0 Å². The molecule has 0 aliphatic carbocycles. The molecule has 19 heavy (non-hydrogen) atoms. The summed E-state index contributed by atoms with van der Waals surface area (Å²) in [5.74, 6) is 0.233. The Morgan fingerprint density at radius 1 is 1.21 bits per heavy atom. The molecule has 112 valence electrons. The molecule has 1 aliphatic heterocycles. The quantitative estimate of drug-likeness (QED) is 0.850. The molecule has 0 aromatic carbocycles. The van der Waals surface area contributed by atoms with Gasteiger partial charge in [0.25, 0.3) is 0 Å². The zero-order valence-corrected chi connectivity index (χ0v) is 13.5. The largest absolute Gasteiger partial charge is 0.341 e. The molecule has 4 nitrogen and oxygen atoms in total. The predicted octanol–water partition coefficient (Wildman–Crippen LogP) is 1.84. The Hall–Kier alpha value is -0.610. The Morgan fingerprint density at radius 3 is 2.05 bits per heavy atom. The number of hydrogen-bond donors (Lipinski definition) is 1. The van der Waals surface area contributed by atoms with Crippen LogP contribution in [0.4, 0.5) is 0 Å².